The van der Waals surface area contributed by atoms with Crippen molar-refractivity contribution in [3.63, 3.8) is 0 Å². The smallest absolute Gasteiger partial charge is 0.747 e. The van der Waals surface area contributed by atoms with Crippen molar-refractivity contribution in [3.05, 3.63) is 12.3 Å². The number of unbranched alkanes of at least 4 members (excludes halogenated alkanes) is 5. The molecule has 0 saturated carbocycles. The van der Waals surface area contributed by atoms with Crippen LogP contribution in [0.3, 0.4) is 0 Å². The molecule has 1 atom stereocenters. The molecular formula is C15H25NaO7S. The van der Waals surface area contributed by atoms with Crippen LogP contribution >= 0.6 is 0 Å². The summed E-state index contributed by atoms with van der Waals surface area (Å²) in [6, 6.07) is 0. The molecule has 134 valence electrons. The standard InChI is InChI=1S/C15H26O7S.Na/c1-3-5-6-7-8-9-11-21-14(16)12-13(23(18,19)20)15(17)22-10-4-2;/h4,10,13H,3,5-9,11-12H2,1-2H3,(H,18,19,20);/q;+1/p-1/b10-4+;. The van der Waals surface area contributed by atoms with Crippen molar-refractivity contribution < 1.29 is 61.6 Å². The van der Waals surface area contributed by atoms with Gasteiger partial charge in [0.15, 0.2) is 5.25 Å². The van der Waals surface area contributed by atoms with E-state index >= 15 is 0 Å². The SMILES string of the molecule is C/C=C/OC(=O)C(CC(=O)OCCCCCCCC)S(=O)(=O)[O-].[Na+]. The Labute approximate surface area is 166 Å². The molecule has 0 amide bonds. The molecule has 0 N–H and O–H groups in total. The largest absolute Gasteiger partial charge is 1.00 e. The van der Waals surface area contributed by atoms with Gasteiger partial charge in [0, 0.05) is 0 Å². The predicted molar refractivity (Wildman–Crippen MR) is 83.3 cm³/mol. The molecule has 0 fully saturated rings. The number of hydrogen-bond donors (Lipinski definition) is 0. The summed E-state index contributed by atoms with van der Waals surface area (Å²) in [5, 5.41) is -2.09. The second-order valence-corrected chi connectivity index (χ2v) is 6.63. The van der Waals surface area contributed by atoms with Crippen LogP contribution in [0.2, 0.25) is 0 Å². The number of carbonyl (C=O) groups excluding carboxylic acids is 2. The molecule has 0 radical (unpaired) electrons. The summed E-state index contributed by atoms with van der Waals surface area (Å²) in [5.74, 6) is -2.19. The Bertz CT molecular complexity index is 488. The van der Waals surface area contributed by atoms with Crippen molar-refractivity contribution in [1.82, 2.24) is 0 Å². The minimum Gasteiger partial charge on any atom is -0.747 e. The van der Waals surface area contributed by atoms with Crippen molar-refractivity contribution in [2.75, 3.05) is 6.61 Å². The molecule has 1 unspecified atom stereocenters. The van der Waals surface area contributed by atoms with Crippen molar-refractivity contribution in [2.24, 2.45) is 0 Å². The van der Waals surface area contributed by atoms with Gasteiger partial charge in [0.05, 0.1) is 19.3 Å². The third kappa shape index (κ3) is 12.9. The number of hydrogen-bond acceptors (Lipinski definition) is 7. The number of rotatable bonds is 12. The first-order chi connectivity index (χ1) is 10.8. The number of esters is 2. The van der Waals surface area contributed by atoms with Crippen LogP contribution < -0.4 is 29.6 Å². The van der Waals surface area contributed by atoms with E-state index < -0.39 is 33.7 Å². The van der Waals surface area contributed by atoms with Gasteiger partial charge in [0.1, 0.15) is 10.1 Å². The Morgan fingerprint density at radius 3 is 2.25 bits per heavy atom. The van der Waals surface area contributed by atoms with Crippen LogP contribution in [0.1, 0.15) is 58.8 Å². The van der Waals surface area contributed by atoms with E-state index in [1.54, 1.807) is 6.92 Å². The van der Waals surface area contributed by atoms with Gasteiger partial charge in [-0.05, 0) is 13.3 Å². The Kier molecular flexibility index (Phi) is 16.0. The van der Waals surface area contributed by atoms with Crippen LogP contribution in [0.15, 0.2) is 12.3 Å². The number of carbonyl (C=O) groups is 2. The fourth-order valence-electron chi connectivity index (χ4n) is 1.79. The van der Waals surface area contributed by atoms with Crippen molar-refractivity contribution in [1.29, 1.82) is 0 Å². The summed E-state index contributed by atoms with van der Waals surface area (Å²) in [4.78, 5) is 23.1. The molecule has 0 aliphatic carbocycles. The molecule has 0 aromatic carbocycles. The van der Waals surface area contributed by atoms with Gasteiger partial charge >= 0.3 is 41.5 Å². The van der Waals surface area contributed by atoms with Crippen LogP contribution in [0.25, 0.3) is 0 Å². The molecule has 24 heavy (non-hydrogen) atoms. The van der Waals surface area contributed by atoms with Gasteiger partial charge in [-0.1, -0.05) is 45.1 Å². The Hall–Kier alpha value is -0.410. The number of ether oxygens (including phenoxy) is 2. The van der Waals surface area contributed by atoms with Gasteiger partial charge in [-0.3, -0.25) is 9.59 Å². The predicted octanol–water partition coefficient (Wildman–Crippen LogP) is -0.725. The van der Waals surface area contributed by atoms with Crippen molar-refractivity contribution in [2.45, 2.75) is 64.0 Å². The van der Waals surface area contributed by atoms with E-state index in [0.29, 0.717) is 6.42 Å². The van der Waals surface area contributed by atoms with E-state index in [4.69, 9.17) is 4.74 Å². The zero-order chi connectivity index (χ0) is 17.7. The average molecular weight is 372 g/mol. The van der Waals surface area contributed by atoms with E-state index in [1.807, 2.05) is 0 Å². The molecular weight excluding hydrogens is 347 g/mol. The molecule has 0 aromatic rings. The quantitative estimate of drug-likeness (QED) is 0.146. The summed E-state index contributed by atoms with van der Waals surface area (Å²) in [7, 11) is -4.99. The second kappa shape index (κ2) is 14.9. The summed E-state index contributed by atoms with van der Waals surface area (Å²) >= 11 is 0. The topological polar surface area (TPSA) is 110 Å². The fraction of sp³-hybridized carbons (Fsp3) is 0.733. The van der Waals surface area contributed by atoms with Gasteiger partial charge in [0.2, 0.25) is 0 Å². The number of allylic oxidation sites excluding steroid dienone is 1. The van der Waals surface area contributed by atoms with Crippen LogP contribution in [-0.4, -0.2) is 36.8 Å². The normalized spacial score (nSPS) is 12.5. The van der Waals surface area contributed by atoms with Crippen LogP contribution in [0.5, 0.6) is 0 Å². The van der Waals surface area contributed by atoms with Gasteiger partial charge in [-0.25, -0.2) is 8.42 Å². The van der Waals surface area contributed by atoms with E-state index in [2.05, 4.69) is 11.7 Å². The first kappa shape index (κ1) is 25.8. The summed E-state index contributed by atoms with van der Waals surface area (Å²) in [6.07, 6.45) is 7.49. The Balaban J connectivity index is 0. The fourth-order valence-corrected chi connectivity index (χ4v) is 2.42. The summed E-state index contributed by atoms with van der Waals surface area (Å²) in [6.45, 7) is 3.80. The first-order valence-corrected chi connectivity index (χ1v) is 9.22. The molecule has 0 heterocycles. The van der Waals surface area contributed by atoms with Crippen molar-refractivity contribution in [3.8, 4) is 0 Å². The van der Waals surface area contributed by atoms with Gasteiger partial charge in [-0.2, -0.15) is 0 Å². The Morgan fingerprint density at radius 1 is 1.12 bits per heavy atom. The average Bonchev–Trinajstić information content (AvgIpc) is 2.48. The second-order valence-electron chi connectivity index (χ2n) is 5.08. The van der Waals surface area contributed by atoms with E-state index in [9.17, 15) is 22.6 Å². The van der Waals surface area contributed by atoms with Crippen LogP contribution in [-0.2, 0) is 29.2 Å². The molecule has 0 saturated heterocycles. The van der Waals surface area contributed by atoms with E-state index in [1.165, 1.54) is 6.08 Å². The molecule has 0 rings (SSSR count). The zero-order valence-electron chi connectivity index (χ0n) is 14.7. The van der Waals surface area contributed by atoms with Gasteiger partial charge in [0.25, 0.3) is 0 Å². The maximum Gasteiger partial charge on any atom is 1.00 e. The third-order valence-electron chi connectivity index (χ3n) is 3.04. The maximum absolute atomic E-state index is 11.6. The first-order valence-electron chi connectivity index (χ1n) is 7.74. The van der Waals surface area contributed by atoms with Gasteiger partial charge in [-0.15, -0.1) is 0 Å². The molecule has 9 heteroatoms. The molecule has 0 spiro atoms. The third-order valence-corrected chi connectivity index (χ3v) is 4.10. The molecule has 0 aliphatic rings. The Morgan fingerprint density at radius 2 is 1.71 bits per heavy atom. The summed E-state index contributed by atoms with van der Waals surface area (Å²) in [5.41, 5.74) is 0. The minimum atomic E-state index is -4.99. The zero-order valence-corrected chi connectivity index (χ0v) is 17.5. The van der Waals surface area contributed by atoms with Crippen LogP contribution in [0, 0.1) is 0 Å². The molecule has 7 nitrogen and oxygen atoms in total. The van der Waals surface area contributed by atoms with Crippen LogP contribution in [0.4, 0.5) is 0 Å². The molecule has 0 aliphatic heterocycles. The monoisotopic (exact) mass is 372 g/mol. The van der Waals surface area contributed by atoms with Crippen molar-refractivity contribution >= 4 is 22.1 Å². The maximum atomic E-state index is 11.6. The van der Waals surface area contributed by atoms with Gasteiger partial charge < -0.3 is 14.0 Å². The van der Waals surface area contributed by atoms with E-state index in [-0.39, 0.29) is 36.2 Å². The minimum absolute atomic E-state index is 0. The van der Waals surface area contributed by atoms with E-state index in [0.717, 1.165) is 38.4 Å². The summed E-state index contributed by atoms with van der Waals surface area (Å²) < 4.78 is 42.5. The molecule has 0 aromatic heterocycles. The molecule has 0 bridgehead atoms.